The molecule has 0 unspecified atom stereocenters. The lowest BCUT2D eigenvalue weighted by atomic mass is 10.3. The van der Waals surface area contributed by atoms with Gasteiger partial charge >= 0.3 is 0 Å². The molecule has 16 heavy (non-hydrogen) atoms. The van der Waals surface area contributed by atoms with Crippen molar-refractivity contribution in [3.8, 4) is 0 Å². The highest BCUT2D eigenvalue weighted by atomic mass is 15.2. The normalized spacial score (nSPS) is 11.4. The van der Waals surface area contributed by atoms with Crippen molar-refractivity contribution in [2.75, 3.05) is 0 Å². The minimum Gasteiger partial charge on any atom is -0.276 e. The summed E-state index contributed by atoms with van der Waals surface area (Å²) in [4.78, 5) is 8.97. The van der Waals surface area contributed by atoms with Gasteiger partial charge < -0.3 is 0 Å². The first kappa shape index (κ1) is 9.21. The molecule has 0 aliphatic heterocycles. The van der Waals surface area contributed by atoms with Gasteiger partial charge in [-0.25, -0.2) is 9.97 Å². The highest BCUT2D eigenvalue weighted by Crippen LogP contribution is 2.18. The second-order valence-corrected chi connectivity index (χ2v) is 3.88. The number of imidazole rings is 1. The van der Waals surface area contributed by atoms with Gasteiger partial charge in [0.05, 0.1) is 17.6 Å². The summed E-state index contributed by atoms with van der Waals surface area (Å²) in [5.41, 5.74) is 5.48. The fraction of sp³-hybridized carbons (Fsp3) is 0.273. The van der Waals surface area contributed by atoms with E-state index in [2.05, 4.69) is 20.2 Å². The van der Waals surface area contributed by atoms with Crippen molar-refractivity contribution in [3.63, 3.8) is 0 Å². The zero-order chi connectivity index (χ0) is 11.3. The lowest BCUT2D eigenvalue weighted by Crippen LogP contribution is -1.99. The third-order valence-corrected chi connectivity index (χ3v) is 2.85. The Morgan fingerprint density at radius 2 is 1.81 bits per heavy atom. The van der Waals surface area contributed by atoms with E-state index in [1.165, 1.54) is 0 Å². The molecule has 0 fully saturated rings. The first-order chi connectivity index (χ1) is 7.68. The highest BCUT2D eigenvalue weighted by Gasteiger charge is 2.12. The molecule has 3 rings (SSSR count). The highest BCUT2D eigenvalue weighted by molar-refractivity contribution is 5.74. The van der Waals surface area contributed by atoms with Crippen LogP contribution in [0.2, 0.25) is 0 Å². The van der Waals surface area contributed by atoms with E-state index >= 15 is 0 Å². The predicted molar refractivity (Wildman–Crippen MR) is 60.3 cm³/mol. The smallest absolute Gasteiger partial charge is 0.187 e. The van der Waals surface area contributed by atoms with Gasteiger partial charge in [0.1, 0.15) is 5.52 Å². The van der Waals surface area contributed by atoms with Crippen molar-refractivity contribution in [1.82, 2.24) is 24.6 Å². The first-order valence-electron chi connectivity index (χ1n) is 5.12. The summed E-state index contributed by atoms with van der Waals surface area (Å²) in [6, 6.07) is 1.86. The van der Waals surface area contributed by atoms with Crippen LogP contribution in [0.4, 0.5) is 0 Å². The standard InChI is InChI=1S/C11H11N5/c1-6-8(3)16-10(14-6)7(2)13-9-4-5-12-15-11(9)16/h4-5H,1-3H3. The Balaban J connectivity index is 2.67. The third-order valence-electron chi connectivity index (χ3n) is 2.85. The molecule has 0 spiro atoms. The van der Waals surface area contributed by atoms with E-state index in [-0.39, 0.29) is 0 Å². The van der Waals surface area contributed by atoms with Crippen LogP contribution in [0.1, 0.15) is 17.1 Å². The maximum absolute atomic E-state index is 4.50. The molecule has 0 saturated heterocycles. The van der Waals surface area contributed by atoms with Gasteiger partial charge in [0, 0.05) is 5.69 Å². The van der Waals surface area contributed by atoms with Gasteiger partial charge in [-0.15, -0.1) is 5.10 Å². The largest absolute Gasteiger partial charge is 0.276 e. The van der Waals surface area contributed by atoms with Crippen LogP contribution in [0.5, 0.6) is 0 Å². The van der Waals surface area contributed by atoms with Crippen LogP contribution in [0.25, 0.3) is 16.8 Å². The Kier molecular flexibility index (Phi) is 1.71. The maximum atomic E-state index is 4.50. The molecule has 3 aromatic rings. The number of aromatic nitrogens is 5. The fourth-order valence-electron chi connectivity index (χ4n) is 1.91. The number of aryl methyl sites for hydroxylation is 3. The van der Waals surface area contributed by atoms with Crippen molar-refractivity contribution in [1.29, 1.82) is 0 Å². The summed E-state index contributed by atoms with van der Waals surface area (Å²) < 4.78 is 2.01. The summed E-state index contributed by atoms with van der Waals surface area (Å²) >= 11 is 0. The molecular formula is C11H11N5. The van der Waals surface area contributed by atoms with Crippen LogP contribution in [0.3, 0.4) is 0 Å². The number of fused-ring (bicyclic) bond motifs is 3. The minimum atomic E-state index is 0.765. The Labute approximate surface area is 92.2 Å². The van der Waals surface area contributed by atoms with Gasteiger partial charge in [-0.05, 0) is 26.8 Å². The molecule has 0 aliphatic carbocycles. The molecule has 0 bridgehead atoms. The summed E-state index contributed by atoms with van der Waals surface area (Å²) in [6.07, 6.45) is 1.65. The van der Waals surface area contributed by atoms with Gasteiger partial charge in [0.15, 0.2) is 11.3 Å². The van der Waals surface area contributed by atoms with Gasteiger partial charge in [0.2, 0.25) is 0 Å². The zero-order valence-corrected chi connectivity index (χ0v) is 9.39. The topological polar surface area (TPSA) is 56.0 Å². The lowest BCUT2D eigenvalue weighted by molar-refractivity contribution is 0.992. The second-order valence-electron chi connectivity index (χ2n) is 3.88. The zero-order valence-electron chi connectivity index (χ0n) is 9.39. The number of nitrogens with zero attached hydrogens (tertiary/aromatic N) is 5. The Morgan fingerprint density at radius 1 is 1.00 bits per heavy atom. The van der Waals surface area contributed by atoms with Crippen molar-refractivity contribution in [3.05, 3.63) is 29.3 Å². The molecule has 0 atom stereocenters. The molecule has 80 valence electrons. The molecule has 0 aliphatic rings. The van der Waals surface area contributed by atoms with Gasteiger partial charge in [-0.3, -0.25) is 4.40 Å². The Bertz CT molecular complexity index is 698. The predicted octanol–water partition coefficient (Wildman–Crippen LogP) is 1.60. The van der Waals surface area contributed by atoms with E-state index in [1.807, 2.05) is 31.2 Å². The monoisotopic (exact) mass is 213 g/mol. The van der Waals surface area contributed by atoms with E-state index in [1.54, 1.807) is 6.20 Å². The molecular weight excluding hydrogens is 202 g/mol. The average molecular weight is 213 g/mol. The molecule has 0 N–H and O–H groups in total. The van der Waals surface area contributed by atoms with Crippen LogP contribution in [0.15, 0.2) is 12.3 Å². The molecule has 0 aromatic carbocycles. The molecule has 3 heterocycles. The van der Waals surface area contributed by atoms with Crippen LogP contribution in [-0.4, -0.2) is 24.6 Å². The maximum Gasteiger partial charge on any atom is 0.187 e. The SMILES string of the molecule is Cc1nc2c(C)nc3ccnnc3n2c1C. The molecule has 5 heteroatoms. The lowest BCUT2D eigenvalue weighted by Gasteiger charge is -2.03. The summed E-state index contributed by atoms with van der Waals surface area (Å²) in [6.45, 7) is 5.98. The van der Waals surface area contributed by atoms with Crippen LogP contribution >= 0.6 is 0 Å². The number of hydrogen-bond donors (Lipinski definition) is 0. The number of rotatable bonds is 0. The van der Waals surface area contributed by atoms with Gasteiger partial charge in [-0.2, -0.15) is 5.10 Å². The van der Waals surface area contributed by atoms with E-state index in [4.69, 9.17) is 0 Å². The van der Waals surface area contributed by atoms with Crippen LogP contribution in [0, 0.1) is 20.8 Å². The van der Waals surface area contributed by atoms with E-state index < -0.39 is 0 Å². The number of hydrogen-bond acceptors (Lipinski definition) is 4. The van der Waals surface area contributed by atoms with Crippen LogP contribution < -0.4 is 0 Å². The van der Waals surface area contributed by atoms with Crippen molar-refractivity contribution < 1.29 is 0 Å². The average Bonchev–Trinajstić information content (AvgIpc) is 2.57. The van der Waals surface area contributed by atoms with Crippen molar-refractivity contribution >= 4 is 16.8 Å². The third kappa shape index (κ3) is 1.05. The molecule has 0 saturated carbocycles. The molecule has 3 aromatic heterocycles. The van der Waals surface area contributed by atoms with Crippen LogP contribution in [-0.2, 0) is 0 Å². The summed E-state index contributed by atoms with van der Waals surface area (Å²) in [5.74, 6) is 0. The Hall–Kier alpha value is -2.04. The summed E-state index contributed by atoms with van der Waals surface area (Å²) in [7, 11) is 0. The van der Waals surface area contributed by atoms with Crippen molar-refractivity contribution in [2.45, 2.75) is 20.8 Å². The quantitative estimate of drug-likeness (QED) is 0.569. The first-order valence-corrected chi connectivity index (χ1v) is 5.12. The van der Waals surface area contributed by atoms with E-state index in [0.717, 1.165) is 33.9 Å². The van der Waals surface area contributed by atoms with Crippen molar-refractivity contribution in [2.24, 2.45) is 0 Å². The molecule has 0 amide bonds. The Morgan fingerprint density at radius 3 is 2.62 bits per heavy atom. The van der Waals surface area contributed by atoms with Gasteiger partial charge in [-0.1, -0.05) is 0 Å². The van der Waals surface area contributed by atoms with Gasteiger partial charge in [0.25, 0.3) is 0 Å². The van der Waals surface area contributed by atoms with E-state index in [0.29, 0.717) is 0 Å². The van der Waals surface area contributed by atoms with E-state index in [9.17, 15) is 0 Å². The fourth-order valence-corrected chi connectivity index (χ4v) is 1.91. The molecule has 5 nitrogen and oxygen atoms in total. The molecule has 0 radical (unpaired) electrons. The summed E-state index contributed by atoms with van der Waals surface area (Å²) in [5, 5.41) is 8.04. The minimum absolute atomic E-state index is 0.765. The second kappa shape index (κ2) is 2.98.